The summed E-state index contributed by atoms with van der Waals surface area (Å²) < 4.78 is 45.4. The van der Waals surface area contributed by atoms with Gasteiger partial charge in [-0.05, 0) is 48.4 Å². The Hall–Kier alpha value is -2.45. The number of nitrogens with two attached hydrogens (primary N) is 1. The summed E-state index contributed by atoms with van der Waals surface area (Å²) in [5, 5.41) is 2.75. The molecule has 0 radical (unpaired) electrons. The van der Waals surface area contributed by atoms with E-state index in [1.807, 2.05) is 0 Å². The Morgan fingerprint density at radius 3 is 2.15 bits per heavy atom. The van der Waals surface area contributed by atoms with Crippen LogP contribution in [0.4, 0.5) is 18.9 Å². The van der Waals surface area contributed by atoms with Gasteiger partial charge in [-0.25, -0.2) is 0 Å². The fourth-order valence-electron chi connectivity index (χ4n) is 2.15. The predicted molar refractivity (Wildman–Crippen MR) is 98.3 cm³/mol. The van der Waals surface area contributed by atoms with Gasteiger partial charge in [0.25, 0.3) is 0 Å². The molecule has 0 bridgehead atoms. The van der Waals surface area contributed by atoms with E-state index in [2.05, 4.69) is 10.1 Å². The minimum atomic E-state index is -4.72. The van der Waals surface area contributed by atoms with Gasteiger partial charge in [0, 0.05) is 18.7 Å². The molecule has 0 fully saturated rings. The van der Waals surface area contributed by atoms with Crippen LogP contribution in [0.5, 0.6) is 11.5 Å². The summed E-state index contributed by atoms with van der Waals surface area (Å²) in [5.41, 5.74) is 6.71. The largest absolute Gasteiger partial charge is 0.573 e. The van der Waals surface area contributed by atoms with Crippen molar-refractivity contribution in [2.24, 2.45) is 5.73 Å². The lowest BCUT2D eigenvalue weighted by molar-refractivity contribution is -0.274. The van der Waals surface area contributed by atoms with Gasteiger partial charge < -0.3 is 20.5 Å². The van der Waals surface area contributed by atoms with Crippen LogP contribution in [0.15, 0.2) is 48.5 Å². The van der Waals surface area contributed by atoms with E-state index in [-0.39, 0.29) is 30.5 Å². The molecule has 0 atom stereocenters. The van der Waals surface area contributed by atoms with Crippen molar-refractivity contribution in [1.82, 2.24) is 0 Å². The molecule has 0 aromatic heterocycles. The molecule has 148 valence electrons. The molecule has 3 N–H and O–H groups in total. The first-order valence-electron chi connectivity index (χ1n) is 7.93. The summed E-state index contributed by atoms with van der Waals surface area (Å²) >= 11 is 0. The van der Waals surface area contributed by atoms with Crippen LogP contribution in [-0.4, -0.2) is 25.4 Å². The second-order valence-electron chi connectivity index (χ2n) is 5.40. The van der Waals surface area contributed by atoms with E-state index < -0.39 is 6.36 Å². The first-order chi connectivity index (χ1) is 12.4. The summed E-state index contributed by atoms with van der Waals surface area (Å²) in [6.07, 6.45) is -4.12. The topological polar surface area (TPSA) is 73.6 Å². The smallest absolute Gasteiger partial charge is 0.492 e. The van der Waals surface area contributed by atoms with Gasteiger partial charge in [-0.2, -0.15) is 0 Å². The molecular weight excluding hydrogens is 385 g/mol. The van der Waals surface area contributed by atoms with E-state index in [4.69, 9.17) is 10.5 Å². The number of benzene rings is 2. The molecule has 1 amide bonds. The molecule has 0 heterocycles. The second-order valence-corrected chi connectivity index (χ2v) is 5.40. The lowest BCUT2D eigenvalue weighted by Gasteiger charge is -2.09. The van der Waals surface area contributed by atoms with Gasteiger partial charge in [-0.3, -0.25) is 4.79 Å². The minimum Gasteiger partial charge on any atom is -0.492 e. The van der Waals surface area contributed by atoms with Gasteiger partial charge in [-0.1, -0.05) is 12.1 Å². The van der Waals surface area contributed by atoms with Crippen molar-refractivity contribution in [2.45, 2.75) is 19.2 Å². The summed E-state index contributed by atoms with van der Waals surface area (Å²) in [5.74, 6) is 0.175. The fourth-order valence-corrected chi connectivity index (χ4v) is 2.15. The van der Waals surface area contributed by atoms with Crippen molar-refractivity contribution in [2.75, 3.05) is 18.5 Å². The maximum absolute atomic E-state index is 12.1. The van der Waals surface area contributed by atoms with Crippen LogP contribution >= 0.6 is 12.4 Å². The van der Waals surface area contributed by atoms with E-state index in [1.54, 1.807) is 24.3 Å². The molecule has 0 aliphatic rings. The number of amides is 1. The lowest BCUT2D eigenvalue weighted by atomic mass is 10.1. The minimum absolute atomic E-state index is 0. The zero-order valence-electron chi connectivity index (χ0n) is 14.3. The number of rotatable bonds is 8. The third kappa shape index (κ3) is 8.65. The van der Waals surface area contributed by atoms with Crippen LogP contribution in [0.3, 0.4) is 0 Å². The van der Waals surface area contributed by atoms with E-state index in [1.165, 1.54) is 24.3 Å². The average molecular weight is 405 g/mol. The highest BCUT2D eigenvalue weighted by Crippen LogP contribution is 2.23. The maximum atomic E-state index is 12.1. The quantitative estimate of drug-likeness (QED) is 0.699. The number of nitrogens with one attached hydrogen (secondary N) is 1. The molecule has 0 spiro atoms. The Morgan fingerprint density at radius 1 is 1.00 bits per heavy atom. The van der Waals surface area contributed by atoms with Crippen molar-refractivity contribution < 1.29 is 27.4 Å². The van der Waals surface area contributed by atoms with Crippen molar-refractivity contribution in [3.05, 3.63) is 54.1 Å². The van der Waals surface area contributed by atoms with Crippen LogP contribution in [0, 0.1) is 0 Å². The normalized spacial score (nSPS) is 10.7. The second kappa shape index (κ2) is 10.6. The van der Waals surface area contributed by atoms with Crippen molar-refractivity contribution >= 4 is 24.0 Å². The molecule has 0 unspecified atom stereocenters. The molecule has 5 nitrogen and oxygen atoms in total. The summed E-state index contributed by atoms with van der Waals surface area (Å²) in [6, 6.07) is 12.3. The number of alkyl halides is 3. The molecule has 0 saturated heterocycles. The van der Waals surface area contributed by atoms with Crippen LogP contribution in [0.2, 0.25) is 0 Å². The zero-order valence-corrected chi connectivity index (χ0v) is 15.1. The lowest BCUT2D eigenvalue weighted by Crippen LogP contribution is -2.17. The number of hydrogen-bond acceptors (Lipinski definition) is 4. The molecule has 0 saturated carbocycles. The van der Waals surface area contributed by atoms with Crippen LogP contribution in [0.25, 0.3) is 0 Å². The van der Waals surface area contributed by atoms with Crippen molar-refractivity contribution in [3.8, 4) is 11.5 Å². The number of carbonyl (C=O) groups is 1. The van der Waals surface area contributed by atoms with Crippen molar-refractivity contribution in [1.29, 1.82) is 0 Å². The summed E-state index contributed by atoms with van der Waals surface area (Å²) in [7, 11) is 0. The Labute approximate surface area is 161 Å². The van der Waals surface area contributed by atoms with E-state index in [9.17, 15) is 18.0 Å². The third-order valence-corrected chi connectivity index (χ3v) is 3.32. The maximum Gasteiger partial charge on any atom is 0.573 e. The van der Waals surface area contributed by atoms with Crippen LogP contribution in [0.1, 0.15) is 12.0 Å². The van der Waals surface area contributed by atoms with Gasteiger partial charge in [0.05, 0.1) is 0 Å². The SMILES string of the molecule is Cl.NCCOc1ccc(NC(=O)CCc2ccc(OC(F)(F)F)cc2)cc1. The van der Waals surface area contributed by atoms with Crippen LogP contribution in [-0.2, 0) is 11.2 Å². The third-order valence-electron chi connectivity index (χ3n) is 3.32. The number of halogens is 4. The predicted octanol–water partition coefficient (Wildman–Crippen LogP) is 3.92. The average Bonchev–Trinajstić information content (AvgIpc) is 2.59. The van der Waals surface area contributed by atoms with Crippen molar-refractivity contribution in [3.63, 3.8) is 0 Å². The molecule has 0 aliphatic heterocycles. The number of carbonyl (C=O) groups excluding carboxylic acids is 1. The Bertz CT molecular complexity index is 707. The van der Waals surface area contributed by atoms with E-state index in [0.29, 0.717) is 31.0 Å². The van der Waals surface area contributed by atoms with Gasteiger partial charge in [0.15, 0.2) is 0 Å². The van der Waals surface area contributed by atoms with Gasteiger partial charge >= 0.3 is 6.36 Å². The highest BCUT2D eigenvalue weighted by Gasteiger charge is 2.30. The molecule has 0 aliphatic carbocycles. The zero-order chi connectivity index (χ0) is 19.0. The molecule has 2 aromatic rings. The summed E-state index contributed by atoms with van der Waals surface area (Å²) in [4.78, 5) is 12.0. The monoisotopic (exact) mass is 404 g/mol. The molecule has 27 heavy (non-hydrogen) atoms. The molecule has 2 rings (SSSR count). The van der Waals surface area contributed by atoms with E-state index >= 15 is 0 Å². The fraction of sp³-hybridized carbons (Fsp3) is 0.278. The highest BCUT2D eigenvalue weighted by atomic mass is 35.5. The number of ether oxygens (including phenoxy) is 2. The van der Waals surface area contributed by atoms with Crippen LogP contribution < -0.4 is 20.5 Å². The number of hydrogen-bond donors (Lipinski definition) is 2. The first kappa shape index (κ1) is 22.6. The molecule has 2 aromatic carbocycles. The summed E-state index contributed by atoms with van der Waals surface area (Å²) in [6.45, 7) is 0.834. The molecule has 9 heteroatoms. The highest BCUT2D eigenvalue weighted by molar-refractivity contribution is 5.90. The molecular formula is C18H20ClF3N2O3. The number of anilines is 1. The Balaban J connectivity index is 0.00000364. The first-order valence-corrected chi connectivity index (χ1v) is 7.93. The van der Waals surface area contributed by atoms with Gasteiger partial charge in [0.1, 0.15) is 18.1 Å². The van der Waals surface area contributed by atoms with Gasteiger partial charge in [0.2, 0.25) is 5.91 Å². The Kier molecular flexibility index (Phi) is 8.90. The van der Waals surface area contributed by atoms with E-state index in [0.717, 1.165) is 5.56 Å². The standard InChI is InChI=1S/C18H19F3N2O3.ClH/c19-18(20,21)26-16-6-1-13(2-7-16)3-10-17(24)23-14-4-8-15(9-5-14)25-12-11-22;/h1-2,4-9H,3,10-12,22H2,(H,23,24);1H. The van der Waals surface area contributed by atoms with Gasteiger partial charge in [-0.15, -0.1) is 25.6 Å². The number of aryl methyl sites for hydroxylation is 1. The Morgan fingerprint density at radius 2 is 1.59 bits per heavy atom.